The summed E-state index contributed by atoms with van der Waals surface area (Å²) in [5, 5.41) is 0. The fourth-order valence-corrected chi connectivity index (χ4v) is 1.54. The van der Waals surface area contributed by atoms with Gasteiger partial charge in [0.1, 0.15) is 0 Å². The van der Waals surface area contributed by atoms with Gasteiger partial charge >= 0.3 is 0 Å². The number of hydrogen-bond donors (Lipinski definition) is 1. The number of carbonyl (C=O) groups excluding carboxylic acids is 1. The molecular weight excluding hydrogens is 222 g/mol. The summed E-state index contributed by atoms with van der Waals surface area (Å²) in [6, 6.07) is 0.399. The fourth-order valence-electron chi connectivity index (χ4n) is 1.38. The highest BCUT2D eigenvalue weighted by atomic mass is 32.1. The first-order valence-electron chi connectivity index (χ1n) is 5.57. The Balaban J connectivity index is 3.94. The highest BCUT2D eigenvalue weighted by Crippen LogP contribution is 2.02. The lowest BCUT2D eigenvalue weighted by Gasteiger charge is -2.25. The van der Waals surface area contributed by atoms with Gasteiger partial charge in [0.25, 0.3) is 0 Å². The zero-order valence-electron chi connectivity index (χ0n) is 10.7. The minimum absolute atomic E-state index is 0.166. The van der Waals surface area contributed by atoms with Crippen molar-refractivity contribution in [3.63, 3.8) is 0 Å². The molecule has 0 unspecified atom stereocenters. The van der Waals surface area contributed by atoms with E-state index in [0.29, 0.717) is 24.0 Å². The van der Waals surface area contributed by atoms with Crippen molar-refractivity contribution in [1.29, 1.82) is 0 Å². The lowest BCUT2D eigenvalue weighted by Crippen LogP contribution is -2.38. The summed E-state index contributed by atoms with van der Waals surface area (Å²) in [5.41, 5.74) is 5.53. The van der Waals surface area contributed by atoms with Gasteiger partial charge in [-0.15, -0.1) is 0 Å². The summed E-state index contributed by atoms with van der Waals surface area (Å²) in [5.74, 6) is 0.166. The van der Waals surface area contributed by atoms with E-state index in [1.54, 1.807) is 19.0 Å². The minimum atomic E-state index is 0.166. The lowest BCUT2D eigenvalue weighted by atomic mass is 10.2. The molecule has 16 heavy (non-hydrogen) atoms. The van der Waals surface area contributed by atoms with Crippen LogP contribution in [0.1, 0.15) is 26.7 Å². The number of carbonyl (C=O) groups is 1. The SMILES string of the molecule is CC(C)N(CCCC(=O)N(C)C)CC(N)=S. The summed E-state index contributed by atoms with van der Waals surface area (Å²) in [6.07, 6.45) is 1.42. The maximum Gasteiger partial charge on any atom is 0.222 e. The van der Waals surface area contributed by atoms with E-state index in [1.165, 1.54) is 0 Å². The average Bonchev–Trinajstić information content (AvgIpc) is 2.14. The van der Waals surface area contributed by atoms with Gasteiger partial charge in [0.05, 0.1) is 4.99 Å². The molecule has 0 bridgehead atoms. The number of nitrogens with zero attached hydrogens (tertiary/aromatic N) is 2. The van der Waals surface area contributed by atoms with Gasteiger partial charge in [-0.25, -0.2) is 0 Å². The van der Waals surface area contributed by atoms with Crippen molar-refractivity contribution in [2.45, 2.75) is 32.7 Å². The molecule has 0 aliphatic heterocycles. The van der Waals surface area contributed by atoms with E-state index in [1.807, 2.05) is 0 Å². The Morgan fingerprint density at radius 1 is 1.38 bits per heavy atom. The molecule has 0 spiro atoms. The van der Waals surface area contributed by atoms with E-state index in [-0.39, 0.29) is 5.91 Å². The zero-order valence-corrected chi connectivity index (χ0v) is 11.5. The van der Waals surface area contributed by atoms with Crippen molar-refractivity contribution >= 4 is 23.1 Å². The van der Waals surface area contributed by atoms with E-state index in [4.69, 9.17) is 18.0 Å². The maximum atomic E-state index is 11.4. The summed E-state index contributed by atoms with van der Waals surface area (Å²) in [7, 11) is 3.55. The third-order valence-corrected chi connectivity index (χ3v) is 2.55. The van der Waals surface area contributed by atoms with Crippen molar-refractivity contribution in [1.82, 2.24) is 9.80 Å². The summed E-state index contributed by atoms with van der Waals surface area (Å²) in [4.78, 5) is 15.7. The summed E-state index contributed by atoms with van der Waals surface area (Å²) >= 11 is 4.90. The largest absolute Gasteiger partial charge is 0.392 e. The molecule has 0 rings (SSSR count). The zero-order chi connectivity index (χ0) is 12.7. The molecule has 1 amide bonds. The summed E-state index contributed by atoms with van der Waals surface area (Å²) in [6.45, 7) is 5.69. The first-order chi connectivity index (χ1) is 7.34. The monoisotopic (exact) mass is 245 g/mol. The van der Waals surface area contributed by atoms with Crippen molar-refractivity contribution in [3.8, 4) is 0 Å². The van der Waals surface area contributed by atoms with Crippen LogP contribution in [-0.2, 0) is 4.79 Å². The van der Waals surface area contributed by atoms with E-state index in [9.17, 15) is 4.79 Å². The standard InChI is InChI=1S/C11H23N3OS/c1-9(2)14(8-10(12)16)7-5-6-11(15)13(3)4/h9H,5-8H2,1-4H3,(H2,12,16). The topological polar surface area (TPSA) is 49.6 Å². The molecule has 0 aromatic rings. The third kappa shape index (κ3) is 6.74. The highest BCUT2D eigenvalue weighted by molar-refractivity contribution is 7.80. The van der Waals surface area contributed by atoms with Gasteiger partial charge in [0.2, 0.25) is 5.91 Å². The Morgan fingerprint density at radius 2 is 1.94 bits per heavy atom. The molecule has 0 radical (unpaired) electrons. The molecule has 0 saturated carbocycles. The Bertz CT molecular complexity index is 241. The third-order valence-electron chi connectivity index (χ3n) is 2.42. The van der Waals surface area contributed by atoms with E-state index in [2.05, 4.69) is 18.7 Å². The van der Waals surface area contributed by atoms with Crippen LogP contribution < -0.4 is 5.73 Å². The Kier molecular flexibility index (Phi) is 7.25. The van der Waals surface area contributed by atoms with Crippen molar-refractivity contribution in [3.05, 3.63) is 0 Å². The number of thiocarbonyl (C=S) groups is 1. The first-order valence-corrected chi connectivity index (χ1v) is 5.98. The highest BCUT2D eigenvalue weighted by Gasteiger charge is 2.11. The van der Waals surface area contributed by atoms with E-state index in [0.717, 1.165) is 13.0 Å². The smallest absolute Gasteiger partial charge is 0.222 e. The average molecular weight is 245 g/mol. The molecule has 4 nitrogen and oxygen atoms in total. The Hall–Kier alpha value is -0.680. The fraction of sp³-hybridized carbons (Fsp3) is 0.818. The summed E-state index contributed by atoms with van der Waals surface area (Å²) < 4.78 is 0. The number of nitrogens with two attached hydrogens (primary N) is 1. The second-order valence-electron chi connectivity index (χ2n) is 4.42. The van der Waals surface area contributed by atoms with Crippen LogP contribution in [0.5, 0.6) is 0 Å². The van der Waals surface area contributed by atoms with Gasteiger partial charge in [0, 0.05) is 33.1 Å². The van der Waals surface area contributed by atoms with Crippen LogP contribution in [0, 0.1) is 0 Å². The van der Waals surface area contributed by atoms with Crippen molar-refractivity contribution < 1.29 is 4.79 Å². The van der Waals surface area contributed by atoms with Gasteiger partial charge in [-0.05, 0) is 26.8 Å². The quantitative estimate of drug-likeness (QED) is 0.676. The van der Waals surface area contributed by atoms with Crippen LogP contribution in [0.25, 0.3) is 0 Å². The van der Waals surface area contributed by atoms with Crippen LogP contribution in [-0.4, -0.2) is 53.9 Å². The van der Waals surface area contributed by atoms with Crippen molar-refractivity contribution in [2.75, 3.05) is 27.2 Å². The first kappa shape index (κ1) is 15.3. The molecule has 94 valence electrons. The number of hydrogen-bond acceptors (Lipinski definition) is 3. The van der Waals surface area contributed by atoms with Gasteiger partial charge < -0.3 is 10.6 Å². The van der Waals surface area contributed by atoms with Gasteiger partial charge in [0.15, 0.2) is 0 Å². The predicted octanol–water partition coefficient (Wildman–Crippen LogP) is 0.851. The molecule has 0 atom stereocenters. The van der Waals surface area contributed by atoms with Crippen molar-refractivity contribution in [2.24, 2.45) is 5.73 Å². The number of amides is 1. The Labute approximate surface area is 104 Å². The van der Waals surface area contributed by atoms with Crippen LogP contribution in [0.3, 0.4) is 0 Å². The van der Waals surface area contributed by atoms with Gasteiger partial charge in [-0.1, -0.05) is 12.2 Å². The molecule has 0 aliphatic rings. The van der Waals surface area contributed by atoms with E-state index >= 15 is 0 Å². The molecule has 5 heteroatoms. The van der Waals surface area contributed by atoms with Crippen LogP contribution >= 0.6 is 12.2 Å². The second-order valence-corrected chi connectivity index (χ2v) is 4.95. The predicted molar refractivity (Wildman–Crippen MR) is 71.4 cm³/mol. The lowest BCUT2D eigenvalue weighted by molar-refractivity contribution is -0.128. The van der Waals surface area contributed by atoms with Crippen LogP contribution in [0.15, 0.2) is 0 Å². The molecule has 0 aromatic carbocycles. The number of rotatable bonds is 7. The second kappa shape index (κ2) is 7.57. The van der Waals surface area contributed by atoms with Gasteiger partial charge in [-0.2, -0.15) is 0 Å². The van der Waals surface area contributed by atoms with Crippen LogP contribution in [0.2, 0.25) is 0 Å². The molecular formula is C11H23N3OS. The van der Waals surface area contributed by atoms with E-state index < -0.39 is 0 Å². The Morgan fingerprint density at radius 3 is 2.31 bits per heavy atom. The van der Waals surface area contributed by atoms with Crippen LogP contribution in [0.4, 0.5) is 0 Å². The molecule has 2 N–H and O–H groups in total. The molecule has 0 fully saturated rings. The molecule has 0 heterocycles. The minimum Gasteiger partial charge on any atom is -0.392 e. The maximum absolute atomic E-state index is 11.4. The molecule has 0 saturated heterocycles. The van der Waals surface area contributed by atoms with Gasteiger partial charge in [-0.3, -0.25) is 9.69 Å². The normalized spacial score (nSPS) is 10.9. The molecule has 0 aliphatic carbocycles. The molecule has 0 aromatic heterocycles.